The highest BCUT2D eigenvalue weighted by Crippen LogP contribution is 2.05. The number of carbonyl (C=O) groups is 3. The van der Waals surface area contributed by atoms with Crippen molar-refractivity contribution < 1.29 is 24.6 Å². The maximum Gasteiger partial charge on any atom is 0.352 e. The predicted molar refractivity (Wildman–Crippen MR) is 70.4 cm³/mol. The maximum atomic E-state index is 11.6. The van der Waals surface area contributed by atoms with E-state index in [0.717, 1.165) is 0 Å². The fraction of sp³-hybridized carbons (Fsp3) is 0.154. The lowest BCUT2D eigenvalue weighted by atomic mass is 10.1. The molecule has 0 radical (unpaired) electrons. The zero-order chi connectivity index (χ0) is 15.1. The largest absolute Gasteiger partial charge is 0.481 e. The van der Waals surface area contributed by atoms with Crippen LogP contribution in [-0.4, -0.2) is 34.1 Å². The van der Waals surface area contributed by atoms with E-state index in [4.69, 9.17) is 15.9 Å². The van der Waals surface area contributed by atoms with Crippen molar-refractivity contribution in [3.05, 3.63) is 41.6 Å². The van der Waals surface area contributed by atoms with E-state index >= 15 is 0 Å². The van der Waals surface area contributed by atoms with E-state index in [1.165, 1.54) is 6.08 Å². The standard InChI is InChI=1S/C13H14N2O5/c14-9(7-11(16)17)12(18)15-10(13(19)20)6-8-4-2-1-3-5-8/h1-6,9H,7,14H2,(H,15,18)(H,16,17)(H,19,20)/t9-/m0/s1. The summed E-state index contributed by atoms with van der Waals surface area (Å²) >= 11 is 0. The second-order valence-corrected chi connectivity index (χ2v) is 3.97. The van der Waals surface area contributed by atoms with Crippen molar-refractivity contribution in [3.8, 4) is 0 Å². The lowest BCUT2D eigenvalue weighted by Crippen LogP contribution is -2.42. The van der Waals surface area contributed by atoms with Crippen LogP contribution < -0.4 is 11.1 Å². The molecule has 0 fully saturated rings. The Hall–Kier alpha value is -2.67. The molecule has 0 bridgehead atoms. The molecule has 0 aliphatic carbocycles. The third-order valence-electron chi connectivity index (χ3n) is 2.33. The van der Waals surface area contributed by atoms with E-state index in [2.05, 4.69) is 5.32 Å². The molecule has 1 aromatic carbocycles. The van der Waals surface area contributed by atoms with Gasteiger partial charge in [0.15, 0.2) is 0 Å². The number of rotatable bonds is 6. The summed E-state index contributed by atoms with van der Waals surface area (Å²) in [5, 5.41) is 19.6. The summed E-state index contributed by atoms with van der Waals surface area (Å²) in [5.74, 6) is -3.45. The van der Waals surface area contributed by atoms with Crippen LogP contribution in [0, 0.1) is 0 Å². The number of benzene rings is 1. The number of aliphatic carboxylic acids is 2. The Kier molecular flexibility index (Phi) is 5.42. The summed E-state index contributed by atoms with van der Waals surface area (Å²) in [6.07, 6.45) is 0.678. The van der Waals surface area contributed by atoms with Crippen LogP contribution in [0.1, 0.15) is 12.0 Å². The van der Waals surface area contributed by atoms with Crippen LogP contribution in [0.4, 0.5) is 0 Å². The van der Waals surface area contributed by atoms with E-state index < -0.39 is 30.3 Å². The van der Waals surface area contributed by atoms with Gasteiger partial charge in [0, 0.05) is 0 Å². The fourth-order valence-corrected chi connectivity index (χ4v) is 1.37. The summed E-state index contributed by atoms with van der Waals surface area (Å²) in [7, 11) is 0. The molecule has 0 aromatic heterocycles. The highest BCUT2D eigenvalue weighted by Gasteiger charge is 2.20. The normalized spacial score (nSPS) is 12.6. The molecule has 0 heterocycles. The summed E-state index contributed by atoms with van der Waals surface area (Å²) < 4.78 is 0. The highest BCUT2D eigenvalue weighted by atomic mass is 16.4. The molecule has 1 rings (SSSR count). The van der Waals surface area contributed by atoms with E-state index in [9.17, 15) is 14.4 Å². The zero-order valence-electron chi connectivity index (χ0n) is 10.4. The van der Waals surface area contributed by atoms with Gasteiger partial charge in [-0.3, -0.25) is 9.59 Å². The van der Waals surface area contributed by atoms with Crippen molar-refractivity contribution in [2.24, 2.45) is 5.73 Å². The van der Waals surface area contributed by atoms with Gasteiger partial charge in [-0.05, 0) is 11.6 Å². The lowest BCUT2D eigenvalue weighted by Gasteiger charge is -2.10. The second-order valence-electron chi connectivity index (χ2n) is 3.97. The topological polar surface area (TPSA) is 130 Å². The van der Waals surface area contributed by atoms with Gasteiger partial charge >= 0.3 is 11.9 Å². The van der Waals surface area contributed by atoms with Gasteiger partial charge in [0.05, 0.1) is 12.5 Å². The minimum absolute atomic E-state index is 0.373. The molecule has 1 aromatic rings. The number of carboxylic acid groups (broad SMARTS) is 2. The molecule has 0 saturated heterocycles. The molecule has 1 atom stereocenters. The predicted octanol–water partition coefficient (Wildman–Crippen LogP) is 0.0303. The van der Waals surface area contributed by atoms with Gasteiger partial charge in [-0.2, -0.15) is 0 Å². The molecule has 106 valence electrons. The minimum atomic E-state index is -1.34. The summed E-state index contributed by atoms with van der Waals surface area (Å²) in [4.78, 5) is 33.1. The zero-order valence-corrected chi connectivity index (χ0v) is 10.4. The molecule has 0 aliphatic rings. The van der Waals surface area contributed by atoms with Crippen molar-refractivity contribution in [1.82, 2.24) is 5.32 Å². The van der Waals surface area contributed by atoms with Crippen LogP contribution in [-0.2, 0) is 14.4 Å². The molecule has 0 aliphatic heterocycles. The number of carbonyl (C=O) groups excluding carboxylic acids is 1. The average molecular weight is 278 g/mol. The number of hydrogen-bond acceptors (Lipinski definition) is 4. The van der Waals surface area contributed by atoms with E-state index in [0.29, 0.717) is 5.56 Å². The van der Waals surface area contributed by atoms with Gasteiger partial charge in [-0.15, -0.1) is 0 Å². The Morgan fingerprint density at radius 1 is 1.20 bits per heavy atom. The molecule has 7 heteroatoms. The first-order valence-electron chi connectivity index (χ1n) is 5.68. The van der Waals surface area contributed by atoms with Crippen LogP contribution in [0.15, 0.2) is 36.0 Å². The quantitative estimate of drug-likeness (QED) is 0.543. The Morgan fingerprint density at radius 2 is 1.80 bits per heavy atom. The smallest absolute Gasteiger partial charge is 0.352 e. The van der Waals surface area contributed by atoms with Crippen LogP contribution in [0.2, 0.25) is 0 Å². The minimum Gasteiger partial charge on any atom is -0.481 e. The van der Waals surface area contributed by atoms with Gasteiger partial charge in [-0.1, -0.05) is 30.3 Å². The van der Waals surface area contributed by atoms with Crippen molar-refractivity contribution in [1.29, 1.82) is 0 Å². The number of nitrogens with one attached hydrogen (secondary N) is 1. The number of hydrogen-bond donors (Lipinski definition) is 4. The van der Waals surface area contributed by atoms with Crippen molar-refractivity contribution in [2.45, 2.75) is 12.5 Å². The summed E-state index contributed by atoms with van der Waals surface area (Å²) in [6.45, 7) is 0. The second kappa shape index (κ2) is 7.05. The van der Waals surface area contributed by atoms with Crippen molar-refractivity contribution in [3.63, 3.8) is 0 Å². The molecular weight excluding hydrogens is 264 g/mol. The van der Waals surface area contributed by atoms with Crippen LogP contribution in [0.5, 0.6) is 0 Å². The Bertz CT molecular complexity index is 539. The van der Waals surface area contributed by atoms with E-state index in [1.54, 1.807) is 30.3 Å². The first-order chi connectivity index (χ1) is 9.40. The first-order valence-corrected chi connectivity index (χ1v) is 5.68. The monoisotopic (exact) mass is 278 g/mol. The van der Waals surface area contributed by atoms with Crippen molar-refractivity contribution in [2.75, 3.05) is 0 Å². The van der Waals surface area contributed by atoms with Gasteiger partial charge in [-0.25, -0.2) is 4.79 Å². The van der Waals surface area contributed by atoms with E-state index in [1.807, 2.05) is 0 Å². The molecule has 5 N–H and O–H groups in total. The van der Waals surface area contributed by atoms with Gasteiger partial charge in [0.1, 0.15) is 5.70 Å². The van der Waals surface area contributed by atoms with Gasteiger partial charge in [0.2, 0.25) is 5.91 Å². The first kappa shape index (κ1) is 15.4. The number of nitrogens with two attached hydrogens (primary N) is 1. The molecule has 0 saturated carbocycles. The summed E-state index contributed by atoms with van der Waals surface area (Å²) in [6, 6.07) is 7.19. The lowest BCUT2D eigenvalue weighted by molar-refractivity contribution is -0.139. The highest BCUT2D eigenvalue weighted by molar-refractivity contribution is 5.98. The Labute approximate surface area is 114 Å². The molecule has 1 amide bonds. The molecule has 20 heavy (non-hydrogen) atoms. The molecule has 0 spiro atoms. The fourth-order valence-electron chi connectivity index (χ4n) is 1.37. The number of carboxylic acids is 2. The van der Waals surface area contributed by atoms with Crippen LogP contribution in [0.3, 0.4) is 0 Å². The van der Waals surface area contributed by atoms with E-state index in [-0.39, 0.29) is 5.70 Å². The van der Waals surface area contributed by atoms with Gasteiger partial charge < -0.3 is 21.3 Å². The number of amides is 1. The maximum absolute atomic E-state index is 11.6. The average Bonchev–Trinajstić information content (AvgIpc) is 2.38. The van der Waals surface area contributed by atoms with Crippen LogP contribution >= 0.6 is 0 Å². The third kappa shape index (κ3) is 4.91. The Morgan fingerprint density at radius 3 is 2.30 bits per heavy atom. The van der Waals surface area contributed by atoms with Gasteiger partial charge in [0.25, 0.3) is 0 Å². The molecule has 7 nitrogen and oxygen atoms in total. The SMILES string of the molecule is N[C@@H](CC(=O)O)C(=O)NC(=Cc1ccccc1)C(=O)O. The van der Waals surface area contributed by atoms with Crippen molar-refractivity contribution >= 4 is 23.9 Å². The summed E-state index contributed by atoms with van der Waals surface area (Å²) in [5.41, 5.74) is 5.55. The third-order valence-corrected chi connectivity index (χ3v) is 2.33. The Balaban J connectivity index is 2.83. The van der Waals surface area contributed by atoms with Crippen LogP contribution in [0.25, 0.3) is 6.08 Å². The molecular formula is C13H14N2O5. The molecule has 0 unspecified atom stereocenters.